The molecule has 0 aliphatic carbocycles. The lowest BCUT2D eigenvalue weighted by molar-refractivity contribution is 0.0935. The van der Waals surface area contributed by atoms with Gasteiger partial charge in [-0.3, -0.25) is 4.79 Å². The summed E-state index contributed by atoms with van der Waals surface area (Å²) < 4.78 is 10.4. The van der Waals surface area contributed by atoms with E-state index in [4.69, 9.17) is 9.15 Å². The van der Waals surface area contributed by atoms with Gasteiger partial charge in [-0.2, -0.15) is 0 Å². The van der Waals surface area contributed by atoms with Crippen molar-refractivity contribution in [2.24, 2.45) is 0 Å². The van der Waals surface area contributed by atoms with Gasteiger partial charge in [0, 0.05) is 17.5 Å². The van der Waals surface area contributed by atoms with Crippen molar-refractivity contribution < 1.29 is 13.9 Å². The summed E-state index contributed by atoms with van der Waals surface area (Å²) in [6.07, 6.45) is 1.64. The Morgan fingerprint density at radius 3 is 2.65 bits per heavy atom. The van der Waals surface area contributed by atoms with Gasteiger partial charge in [0.15, 0.2) is 0 Å². The standard InChI is InChI=1S/C21H21NO4/c1-14(8-9-15-6-4-3-5-7-15)22-20(23)18-12-16-10-11-17(25-2)13-19(16)26-21(18)24/h3-7,10-14H,8-9H2,1-2H3,(H,22,23)/t14-/m0/s1. The van der Waals surface area contributed by atoms with Crippen LogP contribution in [-0.2, 0) is 6.42 Å². The van der Waals surface area contributed by atoms with Gasteiger partial charge in [-0.15, -0.1) is 0 Å². The highest BCUT2D eigenvalue weighted by atomic mass is 16.5. The van der Waals surface area contributed by atoms with E-state index in [2.05, 4.69) is 17.4 Å². The van der Waals surface area contributed by atoms with Gasteiger partial charge in [0.1, 0.15) is 16.9 Å². The highest BCUT2D eigenvalue weighted by Crippen LogP contribution is 2.20. The second kappa shape index (κ2) is 7.87. The van der Waals surface area contributed by atoms with Crippen LogP contribution in [0.25, 0.3) is 11.0 Å². The molecule has 3 aromatic rings. The van der Waals surface area contributed by atoms with Crippen LogP contribution in [0.5, 0.6) is 5.75 Å². The lowest BCUT2D eigenvalue weighted by Crippen LogP contribution is -2.35. The maximum atomic E-state index is 12.5. The highest BCUT2D eigenvalue weighted by molar-refractivity contribution is 5.96. The minimum Gasteiger partial charge on any atom is -0.497 e. The van der Waals surface area contributed by atoms with E-state index in [1.54, 1.807) is 24.3 Å². The first kappa shape index (κ1) is 17.7. The average Bonchev–Trinajstić information content (AvgIpc) is 2.66. The van der Waals surface area contributed by atoms with E-state index in [1.165, 1.54) is 12.7 Å². The third kappa shape index (κ3) is 4.11. The van der Waals surface area contributed by atoms with Crippen molar-refractivity contribution in [1.29, 1.82) is 0 Å². The first-order valence-electron chi connectivity index (χ1n) is 8.53. The third-order valence-electron chi connectivity index (χ3n) is 4.27. The fraction of sp³-hybridized carbons (Fsp3) is 0.238. The summed E-state index contributed by atoms with van der Waals surface area (Å²) in [6.45, 7) is 1.92. The first-order valence-corrected chi connectivity index (χ1v) is 8.53. The Labute approximate surface area is 151 Å². The normalized spacial score (nSPS) is 11.9. The monoisotopic (exact) mass is 351 g/mol. The number of rotatable bonds is 6. The second-order valence-corrected chi connectivity index (χ2v) is 6.25. The summed E-state index contributed by atoms with van der Waals surface area (Å²) in [4.78, 5) is 24.6. The zero-order valence-corrected chi connectivity index (χ0v) is 14.8. The predicted molar refractivity (Wildman–Crippen MR) is 101 cm³/mol. The minimum atomic E-state index is -0.654. The van der Waals surface area contributed by atoms with E-state index in [1.807, 2.05) is 25.1 Å². The van der Waals surface area contributed by atoms with E-state index in [0.717, 1.165) is 12.8 Å². The summed E-state index contributed by atoms with van der Waals surface area (Å²) in [5.41, 5.74) is 0.962. The highest BCUT2D eigenvalue weighted by Gasteiger charge is 2.16. The number of carbonyl (C=O) groups excluding carboxylic acids is 1. The SMILES string of the molecule is COc1ccc2cc(C(=O)N[C@@H](C)CCc3ccccc3)c(=O)oc2c1. The Morgan fingerprint density at radius 2 is 1.92 bits per heavy atom. The molecule has 0 radical (unpaired) electrons. The number of hydrogen-bond donors (Lipinski definition) is 1. The molecule has 1 aromatic heterocycles. The van der Waals surface area contributed by atoms with Crippen LogP contribution in [0.2, 0.25) is 0 Å². The van der Waals surface area contributed by atoms with Crippen molar-refractivity contribution in [2.75, 3.05) is 7.11 Å². The number of methoxy groups -OCH3 is 1. The molecule has 1 atom stereocenters. The van der Waals surface area contributed by atoms with E-state index in [0.29, 0.717) is 16.7 Å². The number of ether oxygens (including phenoxy) is 1. The van der Waals surface area contributed by atoms with Gasteiger partial charge in [0.25, 0.3) is 5.91 Å². The van der Waals surface area contributed by atoms with Crippen LogP contribution in [0.3, 0.4) is 0 Å². The van der Waals surface area contributed by atoms with Gasteiger partial charge in [0.2, 0.25) is 0 Å². The topological polar surface area (TPSA) is 68.5 Å². The van der Waals surface area contributed by atoms with Crippen LogP contribution in [0.15, 0.2) is 63.8 Å². The number of aryl methyl sites for hydroxylation is 1. The molecule has 0 saturated carbocycles. The molecule has 134 valence electrons. The Morgan fingerprint density at radius 1 is 1.15 bits per heavy atom. The van der Waals surface area contributed by atoms with Crippen molar-refractivity contribution in [1.82, 2.24) is 5.32 Å². The number of benzene rings is 2. The molecule has 0 saturated heterocycles. The maximum Gasteiger partial charge on any atom is 0.349 e. The molecule has 2 aromatic carbocycles. The lowest BCUT2D eigenvalue weighted by Gasteiger charge is -2.13. The quantitative estimate of drug-likeness (QED) is 0.690. The molecule has 0 unspecified atom stereocenters. The molecular formula is C21H21NO4. The molecule has 3 rings (SSSR count). The minimum absolute atomic E-state index is 0.00854. The Hall–Kier alpha value is -3.08. The Bertz CT molecular complexity index is 963. The van der Waals surface area contributed by atoms with E-state index in [9.17, 15) is 9.59 Å². The van der Waals surface area contributed by atoms with Crippen LogP contribution < -0.4 is 15.7 Å². The maximum absolute atomic E-state index is 12.5. The molecule has 1 amide bonds. The summed E-state index contributed by atoms with van der Waals surface area (Å²) in [5, 5.41) is 3.54. The van der Waals surface area contributed by atoms with Crippen molar-refractivity contribution in [3.63, 3.8) is 0 Å². The van der Waals surface area contributed by atoms with Crippen LogP contribution >= 0.6 is 0 Å². The molecule has 5 heteroatoms. The van der Waals surface area contributed by atoms with Gasteiger partial charge < -0.3 is 14.5 Å². The molecule has 1 heterocycles. The molecule has 0 aliphatic rings. The molecule has 26 heavy (non-hydrogen) atoms. The lowest BCUT2D eigenvalue weighted by atomic mass is 10.1. The van der Waals surface area contributed by atoms with Gasteiger partial charge >= 0.3 is 5.63 Å². The Kier molecular flexibility index (Phi) is 5.37. The van der Waals surface area contributed by atoms with Gasteiger partial charge in [-0.05, 0) is 43.5 Å². The van der Waals surface area contributed by atoms with Crippen LogP contribution in [0.4, 0.5) is 0 Å². The number of amides is 1. The van der Waals surface area contributed by atoms with Crippen LogP contribution in [-0.4, -0.2) is 19.1 Å². The van der Waals surface area contributed by atoms with E-state index >= 15 is 0 Å². The summed E-state index contributed by atoms with van der Waals surface area (Å²) in [6, 6.07) is 16.7. The smallest absolute Gasteiger partial charge is 0.349 e. The van der Waals surface area contributed by atoms with Crippen LogP contribution in [0, 0.1) is 0 Å². The molecule has 0 fully saturated rings. The molecule has 1 N–H and O–H groups in total. The number of fused-ring (bicyclic) bond motifs is 1. The first-order chi connectivity index (χ1) is 12.6. The van der Waals surface area contributed by atoms with Crippen molar-refractivity contribution in [3.8, 4) is 5.75 Å². The van der Waals surface area contributed by atoms with Crippen LogP contribution in [0.1, 0.15) is 29.3 Å². The summed E-state index contributed by atoms with van der Waals surface area (Å²) in [5.74, 6) is 0.171. The average molecular weight is 351 g/mol. The zero-order valence-electron chi connectivity index (χ0n) is 14.8. The number of hydrogen-bond acceptors (Lipinski definition) is 4. The van der Waals surface area contributed by atoms with Crippen molar-refractivity contribution in [3.05, 3.63) is 76.1 Å². The fourth-order valence-electron chi connectivity index (χ4n) is 2.78. The zero-order chi connectivity index (χ0) is 18.5. The molecule has 5 nitrogen and oxygen atoms in total. The number of carbonyl (C=O) groups is 1. The summed E-state index contributed by atoms with van der Waals surface area (Å²) >= 11 is 0. The van der Waals surface area contributed by atoms with E-state index in [-0.39, 0.29) is 11.6 Å². The molecular weight excluding hydrogens is 330 g/mol. The molecule has 0 aliphatic heterocycles. The van der Waals surface area contributed by atoms with Gasteiger partial charge in [-0.25, -0.2) is 4.79 Å². The van der Waals surface area contributed by atoms with E-state index < -0.39 is 11.5 Å². The summed E-state index contributed by atoms with van der Waals surface area (Å²) in [7, 11) is 1.54. The van der Waals surface area contributed by atoms with Gasteiger partial charge in [-0.1, -0.05) is 30.3 Å². The third-order valence-corrected chi connectivity index (χ3v) is 4.27. The predicted octanol–water partition coefficient (Wildman–Crippen LogP) is 3.55. The van der Waals surface area contributed by atoms with Crippen molar-refractivity contribution in [2.45, 2.75) is 25.8 Å². The Balaban J connectivity index is 1.70. The molecule has 0 bridgehead atoms. The second-order valence-electron chi connectivity index (χ2n) is 6.25. The largest absolute Gasteiger partial charge is 0.497 e. The number of nitrogens with one attached hydrogen (secondary N) is 1. The van der Waals surface area contributed by atoms with Gasteiger partial charge in [0.05, 0.1) is 7.11 Å². The fourth-order valence-corrected chi connectivity index (χ4v) is 2.78. The molecule has 0 spiro atoms. The van der Waals surface area contributed by atoms with Crippen molar-refractivity contribution >= 4 is 16.9 Å².